The Hall–Kier alpha value is -2.21. The Morgan fingerprint density at radius 3 is 2.71 bits per heavy atom. The first kappa shape index (κ1) is 18.1. The number of thiazole rings is 1. The summed E-state index contributed by atoms with van der Waals surface area (Å²) in [5.41, 5.74) is 2.50. The highest BCUT2D eigenvalue weighted by molar-refractivity contribution is 7.13. The van der Waals surface area contributed by atoms with Crippen LogP contribution in [0.15, 0.2) is 29.6 Å². The summed E-state index contributed by atoms with van der Waals surface area (Å²) in [4.78, 5) is 27.9. The number of carbonyl (C=O) groups is 2. The van der Waals surface area contributed by atoms with Crippen molar-refractivity contribution in [2.75, 3.05) is 6.61 Å². The van der Waals surface area contributed by atoms with E-state index in [1.807, 2.05) is 51.3 Å². The van der Waals surface area contributed by atoms with Crippen molar-refractivity contribution in [3.63, 3.8) is 0 Å². The van der Waals surface area contributed by atoms with E-state index in [1.54, 1.807) is 0 Å². The number of carbonyl (C=O) groups excluding carboxylic acids is 2. The highest BCUT2D eigenvalue weighted by Gasteiger charge is 2.16. The van der Waals surface area contributed by atoms with Gasteiger partial charge in [0.15, 0.2) is 6.61 Å². The lowest BCUT2D eigenvalue weighted by molar-refractivity contribution is -0.148. The fourth-order valence-corrected chi connectivity index (χ4v) is 2.91. The second-order valence-corrected chi connectivity index (χ2v) is 7.51. The van der Waals surface area contributed by atoms with Gasteiger partial charge in [-0.3, -0.25) is 9.59 Å². The molecular weight excluding hydrogens is 324 g/mol. The van der Waals surface area contributed by atoms with Crippen molar-refractivity contribution in [3.05, 3.63) is 40.9 Å². The molecule has 0 saturated heterocycles. The molecule has 0 fully saturated rings. The van der Waals surface area contributed by atoms with Crippen LogP contribution in [0.2, 0.25) is 0 Å². The Morgan fingerprint density at radius 1 is 1.29 bits per heavy atom. The van der Waals surface area contributed by atoms with Crippen molar-refractivity contribution in [2.45, 2.75) is 39.7 Å². The predicted octanol–water partition coefficient (Wildman–Crippen LogP) is 3.12. The van der Waals surface area contributed by atoms with Gasteiger partial charge in [-0.25, -0.2) is 4.98 Å². The van der Waals surface area contributed by atoms with Crippen LogP contribution in [-0.4, -0.2) is 29.0 Å². The van der Waals surface area contributed by atoms with Gasteiger partial charge in [-0.2, -0.15) is 0 Å². The Balaban J connectivity index is 1.88. The Kier molecular flexibility index (Phi) is 5.72. The predicted molar refractivity (Wildman–Crippen MR) is 94.8 cm³/mol. The van der Waals surface area contributed by atoms with Crippen molar-refractivity contribution in [2.24, 2.45) is 0 Å². The van der Waals surface area contributed by atoms with Gasteiger partial charge in [-0.05, 0) is 33.8 Å². The number of hydrogen-bond acceptors (Lipinski definition) is 5. The van der Waals surface area contributed by atoms with Crippen LogP contribution in [0.3, 0.4) is 0 Å². The van der Waals surface area contributed by atoms with Crippen molar-refractivity contribution < 1.29 is 14.3 Å². The number of ether oxygens (including phenoxy) is 1. The minimum Gasteiger partial charge on any atom is -0.455 e. The Labute approximate surface area is 146 Å². The second kappa shape index (κ2) is 7.57. The number of rotatable bonds is 5. The quantitative estimate of drug-likeness (QED) is 0.845. The summed E-state index contributed by atoms with van der Waals surface area (Å²) >= 11 is 1.49. The molecule has 0 spiro atoms. The Morgan fingerprint density at radius 2 is 2.04 bits per heavy atom. The molecule has 6 heteroatoms. The molecule has 24 heavy (non-hydrogen) atoms. The van der Waals surface area contributed by atoms with Gasteiger partial charge >= 0.3 is 5.97 Å². The third kappa shape index (κ3) is 5.77. The first-order valence-corrected chi connectivity index (χ1v) is 8.59. The normalized spacial score (nSPS) is 11.2. The van der Waals surface area contributed by atoms with Crippen LogP contribution in [0.25, 0.3) is 10.6 Å². The van der Waals surface area contributed by atoms with E-state index < -0.39 is 5.97 Å². The molecule has 0 radical (unpaired) electrons. The number of nitrogens with zero attached hydrogens (tertiary/aromatic N) is 1. The largest absolute Gasteiger partial charge is 0.455 e. The van der Waals surface area contributed by atoms with Crippen LogP contribution in [0.4, 0.5) is 0 Å². The van der Waals surface area contributed by atoms with Gasteiger partial charge in [-0.15, -0.1) is 11.3 Å². The number of aryl methyl sites for hydroxylation is 1. The lowest BCUT2D eigenvalue weighted by Gasteiger charge is -2.20. The number of hydrogen-bond donors (Lipinski definition) is 1. The molecular formula is C18H22N2O3S. The molecule has 0 aliphatic carbocycles. The van der Waals surface area contributed by atoms with Gasteiger partial charge < -0.3 is 10.1 Å². The molecule has 0 atom stereocenters. The van der Waals surface area contributed by atoms with Gasteiger partial charge in [0.1, 0.15) is 5.01 Å². The molecule has 1 aromatic heterocycles. The van der Waals surface area contributed by atoms with Crippen molar-refractivity contribution in [1.82, 2.24) is 10.3 Å². The smallest absolute Gasteiger partial charge is 0.312 e. The summed E-state index contributed by atoms with van der Waals surface area (Å²) in [6.45, 7) is 7.36. The van der Waals surface area contributed by atoms with Gasteiger partial charge in [0, 0.05) is 16.5 Å². The molecule has 5 nitrogen and oxygen atoms in total. The highest BCUT2D eigenvalue weighted by Crippen LogP contribution is 2.24. The van der Waals surface area contributed by atoms with E-state index in [9.17, 15) is 9.59 Å². The van der Waals surface area contributed by atoms with Crippen LogP contribution in [0, 0.1) is 6.92 Å². The van der Waals surface area contributed by atoms with Crippen LogP contribution in [0.1, 0.15) is 32.0 Å². The molecule has 2 aromatic rings. The second-order valence-electron chi connectivity index (χ2n) is 6.65. The molecule has 128 valence electrons. The summed E-state index contributed by atoms with van der Waals surface area (Å²) in [5, 5.41) is 5.45. The molecule has 0 saturated carbocycles. The van der Waals surface area contributed by atoms with Crippen molar-refractivity contribution in [1.29, 1.82) is 0 Å². The third-order valence-corrected chi connectivity index (χ3v) is 3.96. The summed E-state index contributed by atoms with van der Waals surface area (Å²) in [6.07, 6.45) is 0.0606. The zero-order valence-electron chi connectivity index (χ0n) is 14.4. The topological polar surface area (TPSA) is 68.3 Å². The fourth-order valence-electron chi connectivity index (χ4n) is 2.10. The molecule has 0 aliphatic rings. The summed E-state index contributed by atoms with van der Waals surface area (Å²) < 4.78 is 5.00. The SMILES string of the molecule is Cc1cccc(-c2nc(CC(=O)OCC(=O)NC(C)(C)C)cs2)c1. The zero-order valence-corrected chi connectivity index (χ0v) is 15.2. The maximum absolute atomic E-state index is 11.8. The van der Waals surface area contributed by atoms with E-state index in [0.29, 0.717) is 5.69 Å². The first-order chi connectivity index (χ1) is 11.2. The molecule has 0 bridgehead atoms. The first-order valence-electron chi connectivity index (χ1n) is 7.71. The zero-order chi connectivity index (χ0) is 17.7. The molecule has 2 rings (SSSR count). The Bertz CT molecular complexity index is 732. The van der Waals surface area contributed by atoms with Gasteiger partial charge in [0.25, 0.3) is 5.91 Å². The van der Waals surface area contributed by atoms with Gasteiger partial charge in [0.2, 0.25) is 0 Å². The minimum absolute atomic E-state index is 0.0606. The lowest BCUT2D eigenvalue weighted by Crippen LogP contribution is -2.42. The number of aromatic nitrogens is 1. The van der Waals surface area contributed by atoms with E-state index in [0.717, 1.165) is 16.1 Å². The van der Waals surface area contributed by atoms with Crippen molar-refractivity contribution in [3.8, 4) is 10.6 Å². The average molecular weight is 346 g/mol. The maximum atomic E-state index is 11.8. The van der Waals surface area contributed by atoms with E-state index in [2.05, 4.69) is 16.4 Å². The number of amides is 1. The summed E-state index contributed by atoms with van der Waals surface area (Å²) in [7, 11) is 0. The minimum atomic E-state index is -0.458. The van der Waals surface area contributed by atoms with Crippen LogP contribution >= 0.6 is 11.3 Å². The van der Waals surface area contributed by atoms with Gasteiger partial charge in [0.05, 0.1) is 12.1 Å². The standard InChI is InChI=1S/C18H22N2O3S/c1-12-6-5-7-13(8-12)17-19-14(11-24-17)9-16(22)23-10-15(21)20-18(2,3)4/h5-8,11H,9-10H2,1-4H3,(H,20,21). The summed E-state index contributed by atoms with van der Waals surface area (Å²) in [6, 6.07) is 8.05. The fraction of sp³-hybridized carbons (Fsp3) is 0.389. The van der Waals surface area contributed by atoms with E-state index in [-0.39, 0.29) is 24.5 Å². The van der Waals surface area contributed by atoms with Crippen LogP contribution in [-0.2, 0) is 20.7 Å². The molecule has 1 aromatic carbocycles. The number of esters is 1. The maximum Gasteiger partial charge on any atom is 0.312 e. The summed E-state index contributed by atoms with van der Waals surface area (Å²) in [5.74, 6) is -0.769. The molecule has 0 unspecified atom stereocenters. The number of nitrogens with one attached hydrogen (secondary N) is 1. The van der Waals surface area contributed by atoms with Crippen LogP contribution in [0.5, 0.6) is 0 Å². The van der Waals surface area contributed by atoms with Crippen molar-refractivity contribution >= 4 is 23.2 Å². The molecule has 1 N–H and O–H groups in total. The third-order valence-electron chi connectivity index (χ3n) is 3.02. The van der Waals surface area contributed by atoms with E-state index >= 15 is 0 Å². The van der Waals surface area contributed by atoms with E-state index in [1.165, 1.54) is 11.3 Å². The molecule has 1 heterocycles. The monoisotopic (exact) mass is 346 g/mol. The highest BCUT2D eigenvalue weighted by atomic mass is 32.1. The number of benzene rings is 1. The average Bonchev–Trinajstić information content (AvgIpc) is 2.92. The van der Waals surface area contributed by atoms with Gasteiger partial charge in [-0.1, -0.05) is 23.8 Å². The molecule has 1 amide bonds. The van der Waals surface area contributed by atoms with Crippen LogP contribution < -0.4 is 5.32 Å². The molecule has 0 aliphatic heterocycles. The van der Waals surface area contributed by atoms with E-state index in [4.69, 9.17) is 4.74 Å². The lowest BCUT2D eigenvalue weighted by atomic mass is 10.1.